The van der Waals surface area contributed by atoms with Gasteiger partial charge in [0.15, 0.2) is 11.6 Å². The van der Waals surface area contributed by atoms with Gasteiger partial charge in [-0.05, 0) is 66.5 Å². The summed E-state index contributed by atoms with van der Waals surface area (Å²) in [5.41, 5.74) is 0.835. The van der Waals surface area contributed by atoms with E-state index in [2.05, 4.69) is 0 Å². The summed E-state index contributed by atoms with van der Waals surface area (Å²) in [5.74, 6) is -0.888. The van der Waals surface area contributed by atoms with Crippen molar-refractivity contribution in [3.05, 3.63) is 58.1 Å². The lowest BCUT2D eigenvalue weighted by molar-refractivity contribution is -0.130. The Morgan fingerprint density at radius 1 is 1.10 bits per heavy atom. The molecule has 0 saturated carbocycles. The van der Waals surface area contributed by atoms with Crippen molar-refractivity contribution in [3.63, 3.8) is 0 Å². The fraction of sp³-hybridized carbons (Fsp3) is 0.520. The van der Waals surface area contributed by atoms with Crippen LogP contribution in [0.3, 0.4) is 0 Å². The maximum absolute atomic E-state index is 13.9. The lowest BCUT2D eigenvalue weighted by Gasteiger charge is -2.43. The van der Waals surface area contributed by atoms with Crippen LogP contribution >= 0.6 is 0 Å². The highest BCUT2D eigenvalue weighted by Crippen LogP contribution is 2.50. The van der Waals surface area contributed by atoms with E-state index in [0.29, 0.717) is 24.2 Å². The first kappa shape index (κ1) is 22.9. The first-order valence-corrected chi connectivity index (χ1v) is 10.2. The van der Waals surface area contributed by atoms with Crippen LogP contribution in [0.2, 0.25) is 0 Å². The van der Waals surface area contributed by atoms with Crippen LogP contribution in [0.25, 0.3) is 0 Å². The quantitative estimate of drug-likeness (QED) is 0.445. The van der Waals surface area contributed by atoms with Crippen LogP contribution in [0, 0.1) is 11.3 Å². The zero-order chi connectivity index (χ0) is 22.1. The summed E-state index contributed by atoms with van der Waals surface area (Å²) in [5, 5.41) is 10.9. The van der Waals surface area contributed by atoms with E-state index in [1.54, 1.807) is 19.9 Å². The average molecular weight is 399 g/mol. The average Bonchev–Trinajstić information content (AvgIpc) is 2.60. The number of ether oxygens (including phenoxy) is 1. The van der Waals surface area contributed by atoms with Gasteiger partial charge >= 0.3 is 0 Å². The minimum absolute atomic E-state index is 0.101. The third-order valence-corrected chi connectivity index (χ3v) is 5.34. The molecule has 29 heavy (non-hydrogen) atoms. The topological polar surface area (TPSA) is 63.6 Å². The summed E-state index contributed by atoms with van der Waals surface area (Å²) in [7, 11) is 0. The van der Waals surface area contributed by atoms with Gasteiger partial charge in [-0.25, -0.2) is 0 Å². The van der Waals surface area contributed by atoms with Gasteiger partial charge in [-0.3, -0.25) is 9.59 Å². The van der Waals surface area contributed by atoms with Crippen LogP contribution in [0.5, 0.6) is 0 Å². The van der Waals surface area contributed by atoms with Crippen molar-refractivity contribution in [2.45, 2.75) is 73.8 Å². The van der Waals surface area contributed by atoms with Crippen LogP contribution in [0.15, 0.2) is 58.1 Å². The first-order chi connectivity index (χ1) is 13.3. The molecule has 4 heteroatoms. The number of hydrogen-bond donors (Lipinski definition) is 1. The van der Waals surface area contributed by atoms with E-state index in [-0.39, 0.29) is 22.9 Å². The van der Waals surface area contributed by atoms with Crippen molar-refractivity contribution in [3.8, 4) is 0 Å². The molecule has 0 aromatic carbocycles. The Morgan fingerprint density at radius 2 is 1.62 bits per heavy atom. The lowest BCUT2D eigenvalue weighted by Crippen LogP contribution is -2.45. The molecule has 0 bridgehead atoms. The van der Waals surface area contributed by atoms with Crippen molar-refractivity contribution < 1.29 is 19.4 Å². The number of rotatable bonds is 6. The standard InChI is InChI=1S/C25H34O4/c1-15(2)9-13-25(14-10-16(3)4)22(28)19(20(26)17(5)6)21(27)18-11-12-24(7,8)29-23(18)25/h9-12,17,27H,13-14H2,1-8H3. The zero-order valence-corrected chi connectivity index (χ0v) is 19.0. The van der Waals surface area contributed by atoms with Crippen molar-refractivity contribution in [2.24, 2.45) is 11.3 Å². The van der Waals surface area contributed by atoms with Gasteiger partial charge in [-0.1, -0.05) is 37.1 Å². The fourth-order valence-corrected chi connectivity index (χ4v) is 3.57. The number of Topliss-reactive ketones (excluding diaryl/α,β-unsaturated/α-hetero) is 2. The molecule has 1 heterocycles. The van der Waals surface area contributed by atoms with Gasteiger partial charge in [0, 0.05) is 5.92 Å². The highest BCUT2D eigenvalue weighted by molar-refractivity contribution is 6.25. The number of ketones is 2. The Hall–Kier alpha value is -2.36. The molecule has 2 rings (SSSR count). The molecule has 1 aliphatic heterocycles. The number of aliphatic hydroxyl groups excluding tert-OH is 1. The molecule has 0 aromatic rings. The molecule has 1 N–H and O–H groups in total. The van der Waals surface area contributed by atoms with Crippen molar-refractivity contribution in [1.29, 1.82) is 0 Å². The molecular weight excluding hydrogens is 364 g/mol. The summed E-state index contributed by atoms with van der Waals surface area (Å²) in [4.78, 5) is 26.8. The van der Waals surface area contributed by atoms with Crippen LogP contribution in [0.1, 0.15) is 68.2 Å². The van der Waals surface area contributed by atoms with Crippen molar-refractivity contribution in [1.82, 2.24) is 0 Å². The van der Waals surface area contributed by atoms with E-state index in [0.717, 1.165) is 11.1 Å². The lowest BCUT2D eigenvalue weighted by atomic mass is 9.66. The molecule has 0 saturated heterocycles. The van der Waals surface area contributed by atoms with Crippen LogP contribution in [0.4, 0.5) is 0 Å². The second kappa shape index (κ2) is 8.17. The molecule has 4 nitrogen and oxygen atoms in total. The second-order valence-electron chi connectivity index (χ2n) is 9.41. The highest BCUT2D eigenvalue weighted by atomic mass is 16.5. The Kier molecular flexibility index (Phi) is 6.46. The smallest absolute Gasteiger partial charge is 0.184 e. The number of aliphatic hydroxyl groups is 1. The highest BCUT2D eigenvalue weighted by Gasteiger charge is 2.52. The summed E-state index contributed by atoms with van der Waals surface area (Å²) < 4.78 is 6.30. The predicted molar refractivity (Wildman–Crippen MR) is 116 cm³/mol. The van der Waals surface area contributed by atoms with Gasteiger partial charge in [-0.2, -0.15) is 0 Å². The van der Waals surface area contributed by atoms with Gasteiger partial charge < -0.3 is 9.84 Å². The molecule has 0 amide bonds. The maximum Gasteiger partial charge on any atom is 0.184 e. The number of hydrogen-bond acceptors (Lipinski definition) is 4. The minimum atomic E-state index is -1.06. The van der Waals surface area contributed by atoms with E-state index in [4.69, 9.17) is 4.74 Å². The van der Waals surface area contributed by atoms with Gasteiger partial charge in [0.2, 0.25) is 0 Å². The molecule has 1 aliphatic carbocycles. The summed E-state index contributed by atoms with van der Waals surface area (Å²) in [6, 6.07) is 0. The molecule has 0 spiro atoms. The molecule has 0 unspecified atom stereocenters. The fourth-order valence-electron chi connectivity index (χ4n) is 3.57. The van der Waals surface area contributed by atoms with E-state index < -0.39 is 16.9 Å². The predicted octanol–water partition coefficient (Wildman–Crippen LogP) is 5.92. The molecule has 158 valence electrons. The monoisotopic (exact) mass is 398 g/mol. The van der Waals surface area contributed by atoms with Crippen LogP contribution in [-0.4, -0.2) is 22.3 Å². The van der Waals surface area contributed by atoms with Gasteiger partial charge in [-0.15, -0.1) is 0 Å². The Morgan fingerprint density at radius 3 is 2.07 bits per heavy atom. The van der Waals surface area contributed by atoms with Crippen molar-refractivity contribution in [2.75, 3.05) is 0 Å². The summed E-state index contributed by atoms with van der Waals surface area (Å²) >= 11 is 0. The molecule has 0 fully saturated rings. The van der Waals surface area contributed by atoms with Gasteiger partial charge in [0.1, 0.15) is 22.7 Å². The Labute approximate surface area is 174 Å². The second-order valence-corrected chi connectivity index (χ2v) is 9.41. The summed E-state index contributed by atoms with van der Waals surface area (Å²) in [6.45, 7) is 15.2. The van der Waals surface area contributed by atoms with Gasteiger partial charge in [0.05, 0.1) is 11.0 Å². The van der Waals surface area contributed by atoms with Crippen LogP contribution in [-0.2, 0) is 14.3 Å². The van der Waals surface area contributed by atoms with E-state index in [1.165, 1.54) is 0 Å². The molecule has 2 aliphatic rings. The minimum Gasteiger partial charge on any atom is -0.506 e. The van der Waals surface area contributed by atoms with Gasteiger partial charge in [0.25, 0.3) is 0 Å². The third-order valence-electron chi connectivity index (χ3n) is 5.34. The Balaban J connectivity index is 2.84. The normalized spacial score (nSPS) is 19.7. The summed E-state index contributed by atoms with van der Waals surface area (Å²) in [6.07, 6.45) is 8.47. The Bertz CT molecular complexity index is 844. The SMILES string of the molecule is CC(C)=CCC1(CC=C(C)C)C(=O)C(C(=O)C(C)C)=C(O)C2=C1OC(C)(C)C=C2. The zero-order valence-electron chi connectivity index (χ0n) is 19.0. The number of allylic oxidation sites excluding steroid dienone is 7. The van der Waals surface area contributed by atoms with Crippen molar-refractivity contribution >= 4 is 11.6 Å². The van der Waals surface area contributed by atoms with E-state index >= 15 is 0 Å². The third kappa shape index (κ3) is 4.47. The molecule has 0 aromatic heterocycles. The maximum atomic E-state index is 13.9. The van der Waals surface area contributed by atoms with E-state index in [1.807, 2.05) is 59.8 Å². The van der Waals surface area contributed by atoms with E-state index in [9.17, 15) is 14.7 Å². The molecule has 0 atom stereocenters. The molecular formula is C25H34O4. The van der Waals surface area contributed by atoms with Crippen LogP contribution < -0.4 is 0 Å². The molecule has 0 radical (unpaired) electrons. The largest absolute Gasteiger partial charge is 0.506 e. The first-order valence-electron chi connectivity index (χ1n) is 10.2. The number of carbonyl (C=O) groups is 2. The number of carbonyl (C=O) groups excluding carboxylic acids is 2.